The van der Waals surface area contributed by atoms with Crippen molar-refractivity contribution in [1.29, 1.82) is 0 Å². The highest BCUT2D eigenvalue weighted by atomic mass is 35.5. The number of anilines is 2. The van der Waals surface area contributed by atoms with E-state index in [1.54, 1.807) is 18.3 Å². The van der Waals surface area contributed by atoms with Crippen molar-refractivity contribution in [2.24, 2.45) is 0 Å². The molecule has 2 rings (SSSR count). The standard InChI is InChI=1S/C15H17ClN2O2S/c1-10(20-2)15(19)18-12-5-3-4-11(8-12)17-9-13-6-7-14(16)21-13/h3-8,10,17H,9H2,1-2H3,(H,18,19)/t10-/m0/s1. The number of hydrogen-bond donors (Lipinski definition) is 2. The largest absolute Gasteiger partial charge is 0.380 e. The number of carbonyl (C=O) groups excluding carboxylic acids is 1. The fourth-order valence-corrected chi connectivity index (χ4v) is 2.72. The summed E-state index contributed by atoms with van der Waals surface area (Å²) >= 11 is 7.44. The summed E-state index contributed by atoms with van der Waals surface area (Å²) in [7, 11) is 1.51. The summed E-state index contributed by atoms with van der Waals surface area (Å²) in [5.74, 6) is -0.167. The number of carbonyl (C=O) groups is 1. The molecule has 112 valence electrons. The number of thiophene rings is 1. The third-order valence-corrected chi connectivity index (χ3v) is 4.18. The smallest absolute Gasteiger partial charge is 0.253 e. The molecule has 2 aromatic rings. The Bertz CT molecular complexity index is 615. The Balaban J connectivity index is 1.95. The summed E-state index contributed by atoms with van der Waals surface area (Å²) in [6, 6.07) is 11.4. The average Bonchev–Trinajstić information content (AvgIpc) is 2.90. The molecule has 0 saturated heterocycles. The second-order valence-electron chi connectivity index (χ2n) is 4.51. The Morgan fingerprint density at radius 2 is 2.10 bits per heavy atom. The molecule has 0 aliphatic rings. The fourth-order valence-electron chi connectivity index (χ4n) is 1.69. The number of amides is 1. The highest BCUT2D eigenvalue weighted by Crippen LogP contribution is 2.23. The van der Waals surface area contributed by atoms with Crippen LogP contribution in [-0.2, 0) is 16.1 Å². The van der Waals surface area contributed by atoms with Crippen molar-refractivity contribution in [2.45, 2.75) is 19.6 Å². The molecule has 4 nitrogen and oxygen atoms in total. The van der Waals surface area contributed by atoms with Crippen molar-refractivity contribution in [2.75, 3.05) is 17.7 Å². The molecule has 1 amide bonds. The zero-order chi connectivity index (χ0) is 15.2. The quantitative estimate of drug-likeness (QED) is 0.844. The van der Waals surface area contributed by atoms with Crippen LogP contribution in [0.5, 0.6) is 0 Å². The van der Waals surface area contributed by atoms with E-state index >= 15 is 0 Å². The van der Waals surface area contributed by atoms with Gasteiger partial charge in [0.05, 0.1) is 4.34 Å². The van der Waals surface area contributed by atoms with Crippen LogP contribution in [0.2, 0.25) is 4.34 Å². The normalized spacial score (nSPS) is 12.0. The number of ether oxygens (including phenoxy) is 1. The third-order valence-electron chi connectivity index (χ3n) is 2.95. The van der Waals surface area contributed by atoms with E-state index in [0.717, 1.165) is 20.6 Å². The zero-order valence-electron chi connectivity index (χ0n) is 11.9. The van der Waals surface area contributed by atoms with E-state index in [4.69, 9.17) is 16.3 Å². The molecule has 0 spiro atoms. The van der Waals surface area contributed by atoms with Gasteiger partial charge in [-0.15, -0.1) is 11.3 Å². The lowest BCUT2D eigenvalue weighted by Crippen LogP contribution is -2.26. The van der Waals surface area contributed by atoms with Gasteiger partial charge < -0.3 is 15.4 Å². The molecule has 0 saturated carbocycles. The molecular weight excluding hydrogens is 308 g/mol. The topological polar surface area (TPSA) is 50.4 Å². The van der Waals surface area contributed by atoms with E-state index in [2.05, 4.69) is 10.6 Å². The molecule has 1 aromatic heterocycles. The molecule has 0 fully saturated rings. The van der Waals surface area contributed by atoms with E-state index in [1.807, 2.05) is 36.4 Å². The lowest BCUT2D eigenvalue weighted by atomic mass is 10.2. The number of nitrogens with one attached hydrogen (secondary N) is 2. The summed E-state index contributed by atoms with van der Waals surface area (Å²) in [6.45, 7) is 2.40. The van der Waals surface area contributed by atoms with Crippen LogP contribution in [-0.4, -0.2) is 19.1 Å². The van der Waals surface area contributed by atoms with Gasteiger partial charge in [-0.3, -0.25) is 4.79 Å². The summed E-state index contributed by atoms with van der Waals surface area (Å²) in [5.41, 5.74) is 1.67. The molecule has 2 N–H and O–H groups in total. The molecule has 1 aromatic carbocycles. The van der Waals surface area contributed by atoms with Crippen LogP contribution in [0.4, 0.5) is 11.4 Å². The summed E-state index contributed by atoms with van der Waals surface area (Å²) < 4.78 is 5.76. The first-order valence-electron chi connectivity index (χ1n) is 6.50. The molecule has 0 aliphatic carbocycles. The van der Waals surface area contributed by atoms with Crippen molar-refractivity contribution in [3.8, 4) is 0 Å². The average molecular weight is 325 g/mol. The molecule has 0 radical (unpaired) electrons. The van der Waals surface area contributed by atoms with Crippen molar-refractivity contribution in [1.82, 2.24) is 0 Å². The van der Waals surface area contributed by atoms with Crippen molar-refractivity contribution in [3.05, 3.63) is 45.6 Å². The fraction of sp³-hybridized carbons (Fsp3) is 0.267. The highest BCUT2D eigenvalue weighted by Gasteiger charge is 2.11. The van der Waals surface area contributed by atoms with Crippen LogP contribution in [0.15, 0.2) is 36.4 Å². The van der Waals surface area contributed by atoms with Crippen LogP contribution in [0, 0.1) is 0 Å². The van der Waals surface area contributed by atoms with Gasteiger partial charge in [0.25, 0.3) is 5.91 Å². The lowest BCUT2D eigenvalue weighted by molar-refractivity contribution is -0.124. The maximum atomic E-state index is 11.8. The van der Waals surface area contributed by atoms with E-state index in [1.165, 1.54) is 7.11 Å². The first kappa shape index (κ1) is 15.8. The number of halogens is 1. The minimum absolute atomic E-state index is 0.167. The Hall–Kier alpha value is -1.56. The second-order valence-corrected chi connectivity index (χ2v) is 6.31. The minimum Gasteiger partial charge on any atom is -0.380 e. The zero-order valence-corrected chi connectivity index (χ0v) is 13.4. The molecule has 6 heteroatoms. The molecule has 0 aliphatic heterocycles. The van der Waals surface area contributed by atoms with Gasteiger partial charge in [-0.2, -0.15) is 0 Å². The SMILES string of the molecule is CO[C@@H](C)C(=O)Nc1cccc(NCc2ccc(Cl)s2)c1. The van der Waals surface area contributed by atoms with Crippen molar-refractivity contribution in [3.63, 3.8) is 0 Å². The summed E-state index contributed by atoms with van der Waals surface area (Å²) in [4.78, 5) is 12.9. The Morgan fingerprint density at radius 1 is 1.33 bits per heavy atom. The Kier molecular flexibility index (Phi) is 5.61. The third kappa shape index (κ3) is 4.74. The second kappa shape index (κ2) is 7.45. The van der Waals surface area contributed by atoms with Gasteiger partial charge in [0, 0.05) is 29.9 Å². The molecule has 0 unspecified atom stereocenters. The number of rotatable bonds is 6. The van der Waals surface area contributed by atoms with E-state index < -0.39 is 6.10 Å². The minimum atomic E-state index is -0.477. The highest BCUT2D eigenvalue weighted by molar-refractivity contribution is 7.16. The maximum absolute atomic E-state index is 11.8. The predicted octanol–water partition coefficient (Wildman–Crippen LogP) is 3.99. The molecule has 1 atom stereocenters. The number of hydrogen-bond acceptors (Lipinski definition) is 4. The molecular formula is C15H17ClN2O2S. The van der Waals surface area contributed by atoms with Gasteiger partial charge in [-0.1, -0.05) is 17.7 Å². The van der Waals surface area contributed by atoms with E-state index in [9.17, 15) is 4.79 Å². The number of methoxy groups -OCH3 is 1. The van der Waals surface area contributed by atoms with Crippen LogP contribution in [0.3, 0.4) is 0 Å². The van der Waals surface area contributed by atoms with Crippen molar-refractivity contribution < 1.29 is 9.53 Å². The van der Waals surface area contributed by atoms with E-state index in [-0.39, 0.29) is 5.91 Å². The molecule has 1 heterocycles. The number of benzene rings is 1. The summed E-state index contributed by atoms with van der Waals surface area (Å²) in [6.07, 6.45) is -0.477. The van der Waals surface area contributed by atoms with Crippen molar-refractivity contribution >= 4 is 40.2 Å². The molecule has 0 bridgehead atoms. The first-order valence-corrected chi connectivity index (χ1v) is 7.69. The van der Waals surface area contributed by atoms with Gasteiger partial charge in [0.2, 0.25) is 0 Å². The lowest BCUT2D eigenvalue weighted by Gasteiger charge is -2.12. The first-order chi connectivity index (χ1) is 10.1. The summed E-state index contributed by atoms with van der Waals surface area (Å²) in [5, 5.41) is 6.11. The van der Waals surface area contributed by atoms with Gasteiger partial charge in [-0.05, 0) is 37.3 Å². The van der Waals surface area contributed by atoms with Crippen LogP contribution in [0.1, 0.15) is 11.8 Å². The van der Waals surface area contributed by atoms with Gasteiger partial charge in [-0.25, -0.2) is 0 Å². The predicted molar refractivity (Wildman–Crippen MR) is 88.2 cm³/mol. The Morgan fingerprint density at radius 3 is 2.76 bits per heavy atom. The van der Waals surface area contributed by atoms with Gasteiger partial charge in [0.1, 0.15) is 6.10 Å². The van der Waals surface area contributed by atoms with Gasteiger partial charge in [0.15, 0.2) is 0 Å². The van der Waals surface area contributed by atoms with Crippen LogP contribution < -0.4 is 10.6 Å². The monoisotopic (exact) mass is 324 g/mol. The Labute approximate surface area is 133 Å². The van der Waals surface area contributed by atoms with Gasteiger partial charge >= 0.3 is 0 Å². The molecule has 21 heavy (non-hydrogen) atoms. The van der Waals surface area contributed by atoms with Crippen LogP contribution >= 0.6 is 22.9 Å². The van der Waals surface area contributed by atoms with E-state index in [0.29, 0.717) is 6.54 Å². The maximum Gasteiger partial charge on any atom is 0.253 e. The van der Waals surface area contributed by atoms with Crippen LogP contribution in [0.25, 0.3) is 0 Å².